The lowest BCUT2D eigenvalue weighted by molar-refractivity contribution is 0.459. The molecular formula is C21H22N4O. The topological polar surface area (TPSA) is 51.1 Å². The second kappa shape index (κ2) is 7.52. The lowest BCUT2D eigenvalue weighted by atomic mass is 10.1. The number of pyridine rings is 1. The molecule has 132 valence electrons. The Morgan fingerprint density at radius 3 is 2.81 bits per heavy atom. The first-order chi connectivity index (χ1) is 12.8. The van der Waals surface area contributed by atoms with Gasteiger partial charge in [0.25, 0.3) is 0 Å². The standard InChI is InChI=1S/C21H22N4O/c1-16-13-20(26-19-9-3-2-4-10-19)24-21(23-16)25-12-6-8-18(25)14-17-7-5-11-22-15-17/h2-5,7,9-11,13,15,18H,6,8,12,14H2,1H3. The molecule has 1 aromatic carbocycles. The van der Waals surface area contributed by atoms with Crippen molar-refractivity contribution < 1.29 is 4.74 Å². The highest BCUT2D eigenvalue weighted by Gasteiger charge is 2.27. The molecule has 1 unspecified atom stereocenters. The molecule has 0 amide bonds. The molecule has 1 saturated heterocycles. The number of hydrogen-bond donors (Lipinski definition) is 0. The van der Waals surface area contributed by atoms with Crippen molar-refractivity contribution in [2.24, 2.45) is 0 Å². The van der Waals surface area contributed by atoms with Crippen LogP contribution in [0.5, 0.6) is 11.6 Å². The summed E-state index contributed by atoms with van der Waals surface area (Å²) >= 11 is 0. The third-order valence-electron chi connectivity index (χ3n) is 4.61. The molecule has 1 atom stereocenters. The summed E-state index contributed by atoms with van der Waals surface area (Å²) in [4.78, 5) is 15.9. The van der Waals surface area contributed by atoms with Gasteiger partial charge in [-0.15, -0.1) is 0 Å². The van der Waals surface area contributed by atoms with Gasteiger partial charge in [0.1, 0.15) is 5.75 Å². The summed E-state index contributed by atoms with van der Waals surface area (Å²) in [7, 11) is 0. The number of rotatable bonds is 5. The third kappa shape index (κ3) is 3.82. The van der Waals surface area contributed by atoms with E-state index >= 15 is 0 Å². The minimum absolute atomic E-state index is 0.394. The Morgan fingerprint density at radius 1 is 1.12 bits per heavy atom. The Hall–Kier alpha value is -2.95. The molecule has 0 saturated carbocycles. The summed E-state index contributed by atoms with van der Waals surface area (Å²) in [5.74, 6) is 2.12. The number of ether oxygens (including phenoxy) is 1. The van der Waals surface area contributed by atoms with Crippen LogP contribution in [0.15, 0.2) is 60.9 Å². The maximum atomic E-state index is 5.93. The molecule has 2 aromatic heterocycles. The molecule has 0 N–H and O–H groups in total. The van der Waals surface area contributed by atoms with Crippen LogP contribution >= 0.6 is 0 Å². The zero-order valence-corrected chi connectivity index (χ0v) is 14.9. The first-order valence-electron chi connectivity index (χ1n) is 9.02. The normalized spacial score (nSPS) is 16.7. The predicted molar refractivity (Wildman–Crippen MR) is 102 cm³/mol. The van der Waals surface area contributed by atoms with Gasteiger partial charge in [0.15, 0.2) is 0 Å². The second-order valence-electron chi connectivity index (χ2n) is 6.62. The number of nitrogens with zero attached hydrogens (tertiary/aromatic N) is 4. The van der Waals surface area contributed by atoms with Gasteiger partial charge in [-0.1, -0.05) is 24.3 Å². The Kier molecular flexibility index (Phi) is 4.78. The van der Waals surface area contributed by atoms with Crippen LogP contribution in [0.2, 0.25) is 0 Å². The fourth-order valence-corrected chi connectivity index (χ4v) is 3.42. The molecule has 0 spiro atoms. The van der Waals surface area contributed by atoms with Gasteiger partial charge in [0.2, 0.25) is 11.8 Å². The lowest BCUT2D eigenvalue weighted by Gasteiger charge is -2.25. The Labute approximate surface area is 153 Å². The Balaban J connectivity index is 1.56. The molecule has 5 nitrogen and oxygen atoms in total. The SMILES string of the molecule is Cc1cc(Oc2ccccc2)nc(N2CCCC2Cc2cccnc2)n1. The molecule has 4 rings (SSSR count). The van der Waals surface area contributed by atoms with Crippen LogP contribution < -0.4 is 9.64 Å². The predicted octanol–water partition coefficient (Wildman–Crippen LogP) is 4.18. The maximum absolute atomic E-state index is 5.93. The van der Waals surface area contributed by atoms with E-state index in [1.807, 2.05) is 61.8 Å². The minimum Gasteiger partial charge on any atom is -0.439 e. The summed E-state index contributed by atoms with van der Waals surface area (Å²) in [6, 6.07) is 16.1. The molecule has 0 bridgehead atoms. The van der Waals surface area contributed by atoms with E-state index in [1.54, 1.807) is 0 Å². The second-order valence-corrected chi connectivity index (χ2v) is 6.62. The smallest absolute Gasteiger partial charge is 0.229 e. The molecule has 3 aromatic rings. The van der Waals surface area contributed by atoms with Crippen molar-refractivity contribution in [3.8, 4) is 11.6 Å². The highest BCUT2D eigenvalue weighted by Crippen LogP contribution is 2.28. The monoisotopic (exact) mass is 346 g/mol. The van der Waals surface area contributed by atoms with E-state index in [9.17, 15) is 0 Å². The summed E-state index contributed by atoms with van der Waals surface area (Å²) in [5.41, 5.74) is 2.16. The average molecular weight is 346 g/mol. The van der Waals surface area contributed by atoms with Crippen LogP contribution in [0.25, 0.3) is 0 Å². The average Bonchev–Trinajstić information content (AvgIpc) is 3.11. The molecular weight excluding hydrogens is 324 g/mol. The molecule has 1 aliphatic heterocycles. The number of aromatic nitrogens is 3. The Morgan fingerprint density at radius 2 is 2.00 bits per heavy atom. The van der Waals surface area contributed by atoms with Crippen LogP contribution in [-0.2, 0) is 6.42 Å². The van der Waals surface area contributed by atoms with Crippen molar-refractivity contribution in [1.29, 1.82) is 0 Å². The van der Waals surface area contributed by atoms with E-state index in [0.717, 1.165) is 43.2 Å². The fraction of sp³-hybridized carbons (Fsp3) is 0.286. The quantitative estimate of drug-likeness (QED) is 0.693. The van der Waals surface area contributed by atoms with Crippen molar-refractivity contribution >= 4 is 5.95 Å². The van der Waals surface area contributed by atoms with Gasteiger partial charge in [-0.3, -0.25) is 4.98 Å². The third-order valence-corrected chi connectivity index (χ3v) is 4.61. The van der Waals surface area contributed by atoms with Gasteiger partial charge in [0.05, 0.1) is 0 Å². The van der Waals surface area contributed by atoms with Crippen LogP contribution in [0, 0.1) is 6.92 Å². The van der Waals surface area contributed by atoms with Gasteiger partial charge in [0, 0.05) is 36.7 Å². The molecule has 5 heteroatoms. The summed E-state index contributed by atoms with van der Waals surface area (Å²) in [5, 5.41) is 0. The Bertz CT molecular complexity index is 854. The molecule has 1 aliphatic rings. The van der Waals surface area contributed by atoms with Gasteiger partial charge in [-0.25, -0.2) is 4.98 Å². The van der Waals surface area contributed by atoms with E-state index in [1.165, 1.54) is 5.56 Å². The van der Waals surface area contributed by atoms with Gasteiger partial charge in [-0.2, -0.15) is 4.98 Å². The van der Waals surface area contributed by atoms with E-state index in [-0.39, 0.29) is 0 Å². The number of aryl methyl sites for hydroxylation is 1. The van der Waals surface area contributed by atoms with Crippen molar-refractivity contribution in [3.05, 3.63) is 72.2 Å². The summed E-state index contributed by atoms with van der Waals surface area (Å²) < 4.78 is 5.93. The largest absolute Gasteiger partial charge is 0.439 e. The highest BCUT2D eigenvalue weighted by molar-refractivity contribution is 5.39. The van der Waals surface area contributed by atoms with Crippen molar-refractivity contribution in [3.63, 3.8) is 0 Å². The minimum atomic E-state index is 0.394. The number of para-hydroxylation sites is 1. The molecule has 0 aliphatic carbocycles. The van der Waals surface area contributed by atoms with E-state index in [0.29, 0.717) is 11.9 Å². The highest BCUT2D eigenvalue weighted by atomic mass is 16.5. The number of benzene rings is 1. The zero-order valence-electron chi connectivity index (χ0n) is 14.9. The molecule has 0 radical (unpaired) electrons. The maximum Gasteiger partial charge on any atom is 0.229 e. The van der Waals surface area contributed by atoms with Crippen molar-refractivity contribution in [2.45, 2.75) is 32.2 Å². The van der Waals surface area contributed by atoms with Crippen LogP contribution in [0.1, 0.15) is 24.1 Å². The fourth-order valence-electron chi connectivity index (χ4n) is 3.42. The van der Waals surface area contributed by atoms with Crippen LogP contribution in [0.4, 0.5) is 5.95 Å². The molecule has 26 heavy (non-hydrogen) atoms. The van der Waals surface area contributed by atoms with Gasteiger partial charge < -0.3 is 9.64 Å². The zero-order chi connectivity index (χ0) is 17.8. The number of anilines is 1. The van der Waals surface area contributed by atoms with Gasteiger partial charge >= 0.3 is 0 Å². The first kappa shape index (κ1) is 16.5. The van der Waals surface area contributed by atoms with Crippen molar-refractivity contribution in [1.82, 2.24) is 15.0 Å². The van der Waals surface area contributed by atoms with E-state index < -0.39 is 0 Å². The van der Waals surface area contributed by atoms with Crippen LogP contribution in [0.3, 0.4) is 0 Å². The summed E-state index contributed by atoms with van der Waals surface area (Å²) in [6.07, 6.45) is 7.00. The first-order valence-corrected chi connectivity index (χ1v) is 9.02. The van der Waals surface area contributed by atoms with Crippen molar-refractivity contribution in [2.75, 3.05) is 11.4 Å². The van der Waals surface area contributed by atoms with Gasteiger partial charge in [-0.05, 0) is 49.9 Å². The number of hydrogen-bond acceptors (Lipinski definition) is 5. The summed E-state index contributed by atoms with van der Waals surface area (Å²) in [6.45, 7) is 2.95. The van der Waals surface area contributed by atoms with E-state index in [4.69, 9.17) is 4.74 Å². The molecule has 1 fully saturated rings. The molecule has 3 heterocycles. The van der Waals surface area contributed by atoms with E-state index in [2.05, 4.69) is 25.9 Å². The van der Waals surface area contributed by atoms with Crippen LogP contribution in [-0.4, -0.2) is 27.5 Å². The lowest BCUT2D eigenvalue weighted by Crippen LogP contribution is -2.32.